The Balaban J connectivity index is 0.000000381. The zero-order valence-corrected chi connectivity index (χ0v) is 26.7. The van der Waals surface area contributed by atoms with Gasteiger partial charge in [0.2, 0.25) is 0 Å². The van der Waals surface area contributed by atoms with Crippen molar-refractivity contribution in [2.24, 2.45) is 0 Å². The van der Waals surface area contributed by atoms with Crippen LogP contribution in [0.5, 0.6) is 0 Å². The second kappa shape index (κ2) is 16.1. The molecule has 7 nitrogen and oxygen atoms in total. The van der Waals surface area contributed by atoms with Gasteiger partial charge in [0.15, 0.2) is 0 Å². The van der Waals surface area contributed by atoms with E-state index in [-0.39, 0.29) is 46.2 Å². The van der Waals surface area contributed by atoms with Gasteiger partial charge in [-0.1, -0.05) is 82.8 Å². The molecule has 0 saturated carbocycles. The molecule has 0 fully saturated rings. The monoisotopic (exact) mass is 631 g/mol. The molecule has 6 N–H and O–H groups in total. The van der Waals surface area contributed by atoms with E-state index in [9.17, 15) is 9.59 Å². The van der Waals surface area contributed by atoms with Crippen LogP contribution in [-0.4, -0.2) is 27.6 Å². The third-order valence-corrected chi connectivity index (χ3v) is 7.01. The van der Waals surface area contributed by atoms with Crippen molar-refractivity contribution in [1.29, 1.82) is 0 Å². The molecular weight excluding hydrogens is 609 g/mol. The molecule has 12 heteroatoms. The SMILES string of the molecule is Cc1ccc(Cl)c(Nc2ccccc2C(=O)O)c1Cl.Cc1ccc(Cl)c(Nc2ccccc2C(=O)O)c1Cl.O.[Na+]. The van der Waals surface area contributed by atoms with E-state index in [1.165, 1.54) is 12.1 Å². The molecule has 0 unspecified atom stereocenters. The van der Waals surface area contributed by atoms with E-state index >= 15 is 0 Å². The van der Waals surface area contributed by atoms with Crippen LogP contribution >= 0.6 is 46.4 Å². The summed E-state index contributed by atoms with van der Waals surface area (Å²) in [4.78, 5) is 22.3. The first-order chi connectivity index (χ1) is 18.0. The van der Waals surface area contributed by atoms with E-state index in [1.54, 1.807) is 60.7 Å². The first kappa shape index (κ1) is 35.6. The van der Waals surface area contributed by atoms with Gasteiger partial charge in [0.1, 0.15) is 0 Å². The predicted molar refractivity (Wildman–Crippen MR) is 159 cm³/mol. The molecule has 0 aromatic heterocycles. The molecule has 0 heterocycles. The minimum atomic E-state index is -1.01. The number of carbonyl (C=O) groups is 2. The van der Waals surface area contributed by atoms with Gasteiger partial charge < -0.3 is 26.3 Å². The summed E-state index contributed by atoms with van der Waals surface area (Å²) in [5.74, 6) is -2.02. The van der Waals surface area contributed by atoms with Crippen molar-refractivity contribution in [2.75, 3.05) is 10.6 Å². The number of carboxylic acids is 2. The molecule has 0 spiro atoms. The Morgan fingerprint density at radius 2 is 0.925 bits per heavy atom. The normalized spacial score (nSPS) is 9.75. The van der Waals surface area contributed by atoms with Crippen LogP contribution in [0.15, 0.2) is 72.8 Å². The molecule has 0 atom stereocenters. The number of anilines is 4. The van der Waals surface area contributed by atoms with Crippen molar-refractivity contribution >= 4 is 81.1 Å². The second-order valence-electron chi connectivity index (χ2n) is 8.06. The molecule has 0 radical (unpaired) electrons. The molecule has 4 rings (SSSR count). The largest absolute Gasteiger partial charge is 1.00 e. The number of halogens is 4. The van der Waals surface area contributed by atoms with Crippen LogP contribution in [0.25, 0.3) is 0 Å². The summed E-state index contributed by atoms with van der Waals surface area (Å²) in [5.41, 5.74) is 3.97. The summed E-state index contributed by atoms with van der Waals surface area (Å²) >= 11 is 24.5. The summed E-state index contributed by atoms with van der Waals surface area (Å²) in [5, 5.41) is 26.1. The van der Waals surface area contributed by atoms with Gasteiger partial charge in [0.25, 0.3) is 0 Å². The number of hydrogen-bond donors (Lipinski definition) is 4. The summed E-state index contributed by atoms with van der Waals surface area (Å²) in [6, 6.07) is 20.2. The van der Waals surface area contributed by atoms with Crippen LogP contribution in [0.3, 0.4) is 0 Å². The zero-order chi connectivity index (χ0) is 28.0. The Kier molecular flexibility index (Phi) is 14.3. The van der Waals surface area contributed by atoms with Gasteiger partial charge in [-0.15, -0.1) is 0 Å². The first-order valence-corrected chi connectivity index (χ1v) is 12.6. The van der Waals surface area contributed by atoms with E-state index in [0.717, 1.165) is 11.1 Å². The molecule has 0 amide bonds. The molecule has 0 bridgehead atoms. The molecule has 0 aliphatic heterocycles. The quantitative estimate of drug-likeness (QED) is 0.203. The van der Waals surface area contributed by atoms with Gasteiger partial charge in [0, 0.05) is 0 Å². The van der Waals surface area contributed by atoms with Crippen molar-refractivity contribution in [3.05, 3.63) is 115 Å². The third-order valence-electron chi connectivity index (χ3n) is 5.40. The maximum atomic E-state index is 11.1. The van der Waals surface area contributed by atoms with E-state index < -0.39 is 11.9 Å². The summed E-state index contributed by atoms with van der Waals surface area (Å²) in [6.07, 6.45) is 0. The second-order valence-corrected chi connectivity index (χ2v) is 9.63. The van der Waals surface area contributed by atoms with E-state index in [1.807, 2.05) is 13.8 Å². The molecule has 4 aromatic carbocycles. The first-order valence-electron chi connectivity index (χ1n) is 11.1. The molecule has 0 aliphatic carbocycles. The molecule has 4 aromatic rings. The maximum Gasteiger partial charge on any atom is 1.00 e. The number of aryl methyl sites for hydroxylation is 2. The van der Waals surface area contributed by atoms with Crippen LogP contribution in [-0.2, 0) is 0 Å². The van der Waals surface area contributed by atoms with Crippen molar-refractivity contribution in [3.8, 4) is 0 Å². The van der Waals surface area contributed by atoms with E-state index in [4.69, 9.17) is 56.6 Å². The summed E-state index contributed by atoms with van der Waals surface area (Å²) in [6.45, 7) is 3.71. The minimum absolute atomic E-state index is 0. The Bertz CT molecular complexity index is 1410. The molecule has 0 aliphatic rings. The van der Waals surface area contributed by atoms with Crippen molar-refractivity contribution in [2.45, 2.75) is 13.8 Å². The Labute approximate surface area is 273 Å². The van der Waals surface area contributed by atoms with E-state index in [2.05, 4.69) is 10.6 Å². The van der Waals surface area contributed by atoms with Crippen molar-refractivity contribution in [3.63, 3.8) is 0 Å². The van der Waals surface area contributed by atoms with Gasteiger partial charge in [-0.3, -0.25) is 0 Å². The van der Waals surface area contributed by atoms with Gasteiger partial charge in [-0.2, -0.15) is 0 Å². The number of hydrogen-bond acceptors (Lipinski definition) is 4. The van der Waals surface area contributed by atoms with Crippen LogP contribution in [0.1, 0.15) is 31.8 Å². The zero-order valence-electron chi connectivity index (χ0n) is 21.7. The standard InChI is InChI=1S/2C14H11Cl2NO2.Na.H2O/c2*1-8-6-7-10(15)13(12(8)16)17-11-5-3-2-4-9(11)14(18)19;;/h2*2-7,17H,1H3,(H,18,19);;1H2/q;;+1;. The predicted octanol–water partition coefficient (Wildman–Crippen LogP) is 5.67. The number of carboxylic acid groups (broad SMARTS) is 2. The van der Waals surface area contributed by atoms with Crippen molar-refractivity contribution < 1.29 is 54.8 Å². The number of para-hydroxylation sites is 2. The number of nitrogens with one attached hydrogen (secondary N) is 2. The molecule has 0 saturated heterocycles. The third kappa shape index (κ3) is 8.77. The van der Waals surface area contributed by atoms with Crippen LogP contribution in [0.2, 0.25) is 20.1 Å². The molecule has 204 valence electrons. The Morgan fingerprint density at radius 1 is 0.600 bits per heavy atom. The Hall–Kier alpha value is -2.46. The van der Waals surface area contributed by atoms with Crippen LogP contribution < -0.4 is 40.2 Å². The fraction of sp³-hybridized carbons (Fsp3) is 0.0714. The van der Waals surface area contributed by atoms with E-state index in [0.29, 0.717) is 42.8 Å². The molecule has 40 heavy (non-hydrogen) atoms. The summed E-state index contributed by atoms with van der Waals surface area (Å²) in [7, 11) is 0. The maximum absolute atomic E-state index is 11.1. The van der Waals surface area contributed by atoms with Gasteiger partial charge >= 0.3 is 41.5 Å². The smallest absolute Gasteiger partial charge is 0.478 e. The average molecular weight is 633 g/mol. The minimum Gasteiger partial charge on any atom is -0.478 e. The number of benzene rings is 4. The van der Waals surface area contributed by atoms with Gasteiger partial charge in [-0.25, -0.2) is 9.59 Å². The summed E-state index contributed by atoms with van der Waals surface area (Å²) < 4.78 is 0. The fourth-order valence-corrected chi connectivity index (χ4v) is 4.30. The van der Waals surface area contributed by atoms with Gasteiger partial charge in [0.05, 0.1) is 54.0 Å². The average Bonchev–Trinajstić information content (AvgIpc) is 2.89. The number of rotatable bonds is 6. The number of aromatic carboxylic acids is 2. The van der Waals surface area contributed by atoms with Crippen LogP contribution in [0.4, 0.5) is 22.7 Å². The fourth-order valence-electron chi connectivity index (χ4n) is 3.37. The molecular formula is C28H24Cl4N2NaO5+. The van der Waals surface area contributed by atoms with Crippen LogP contribution in [0, 0.1) is 13.8 Å². The van der Waals surface area contributed by atoms with Crippen molar-refractivity contribution in [1.82, 2.24) is 0 Å². The topological polar surface area (TPSA) is 130 Å². The Morgan fingerprint density at radius 3 is 1.25 bits per heavy atom. The van der Waals surface area contributed by atoms with Gasteiger partial charge in [-0.05, 0) is 61.4 Å².